The number of methoxy groups -OCH3 is 2. The number of hydrogen-bond acceptors (Lipinski definition) is 4. The minimum Gasteiger partial charge on any atom is -0.493 e. The predicted molar refractivity (Wildman–Crippen MR) is 99.1 cm³/mol. The lowest BCUT2D eigenvalue weighted by atomic mass is 10.1. The average Bonchev–Trinajstić information content (AvgIpc) is 2.65. The summed E-state index contributed by atoms with van der Waals surface area (Å²) < 4.78 is 10.7. The predicted octanol–water partition coefficient (Wildman–Crippen LogP) is 3.00. The molecule has 2 aromatic carbocycles. The van der Waals surface area contributed by atoms with Gasteiger partial charge >= 0.3 is 0 Å². The van der Waals surface area contributed by atoms with Crippen molar-refractivity contribution in [3.05, 3.63) is 59.2 Å². The van der Waals surface area contributed by atoms with E-state index in [4.69, 9.17) is 15.2 Å². The zero-order chi connectivity index (χ0) is 18.2. The standard InChI is InChI=1S/C20H26N2O3/c1-15-12-18(24-2)19(25-3)13-17(15)20(23)22(11-7-10-21)14-16-8-5-4-6-9-16/h4-6,8-9,12-13H,7,10-11,14,21H2,1-3H3. The van der Waals surface area contributed by atoms with Crippen molar-refractivity contribution in [2.75, 3.05) is 27.3 Å². The third-order valence-corrected chi connectivity index (χ3v) is 4.10. The highest BCUT2D eigenvalue weighted by molar-refractivity contribution is 5.96. The Morgan fingerprint density at radius 3 is 2.32 bits per heavy atom. The zero-order valence-electron chi connectivity index (χ0n) is 15.1. The summed E-state index contributed by atoms with van der Waals surface area (Å²) >= 11 is 0. The van der Waals surface area contributed by atoms with Crippen LogP contribution in [0.1, 0.15) is 27.9 Å². The van der Waals surface area contributed by atoms with E-state index < -0.39 is 0 Å². The van der Waals surface area contributed by atoms with Gasteiger partial charge in [-0.15, -0.1) is 0 Å². The van der Waals surface area contributed by atoms with Gasteiger partial charge in [0.25, 0.3) is 5.91 Å². The molecular formula is C20H26N2O3. The van der Waals surface area contributed by atoms with Crippen molar-refractivity contribution in [3.8, 4) is 11.5 Å². The number of rotatable bonds is 8. The molecule has 0 radical (unpaired) electrons. The van der Waals surface area contributed by atoms with Crippen LogP contribution in [0.2, 0.25) is 0 Å². The van der Waals surface area contributed by atoms with Gasteiger partial charge in [0.2, 0.25) is 0 Å². The van der Waals surface area contributed by atoms with Crippen molar-refractivity contribution < 1.29 is 14.3 Å². The second kappa shape index (κ2) is 9.08. The summed E-state index contributed by atoms with van der Waals surface area (Å²) in [6, 6.07) is 13.5. The van der Waals surface area contributed by atoms with Crippen LogP contribution in [0.15, 0.2) is 42.5 Å². The molecule has 2 rings (SSSR count). The number of benzene rings is 2. The first-order valence-electron chi connectivity index (χ1n) is 8.36. The molecule has 5 nitrogen and oxygen atoms in total. The Morgan fingerprint density at radius 1 is 1.08 bits per heavy atom. The SMILES string of the molecule is COc1cc(C)c(C(=O)N(CCCN)Cc2ccccc2)cc1OC. The highest BCUT2D eigenvalue weighted by atomic mass is 16.5. The molecule has 25 heavy (non-hydrogen) atoms. The maximum absolute atomic E-state index is 13.1. The van der Waals surface area contributed by atoms with E-state index in [0.717, 1.165) is 17.5 Å². The molecule has 0 aliphatic rings. The van der Waals surface area contributed by atoms with E-state index in [1.807, 2.05) is 48.2 Å². The van der Waals surface area contributed by atoms with Gasteiger partial charge in [-0.2, -0.15) is 0 Å². The Balaban J connectivity index is 2.32. The van der Waals surface area contributed by atoms with Crippen LogP contribution in [-0.2, 0) is 6.54 Å². The van der Waals surface area contributed by atoms with E-state index in [0.29, 0.717) is 36.7 Å². The molecule has 0 saturated heterocycles. The third kappa shape index (κ3) is 4.73. The summed E-state index contributed by atoms with van der Waals surface area (Å²) in [5.41, 5.74) is 8.21. The van der Waals surface area contributed by atoms with Gasteiger partial charge in [0.1, 0.15) is 0 Å². The Labute approximate surface area is 149 Å². The smallest absolute Gasteiger partial charge is 0.254 e. The summed E-state index contributed by atoms with van der Waals surface area (Å²) in [6.07, 6.45) is 0.755. The number of hydrogen-bond donors (Lipinski definition) is 1. The molecule has 1 amide bonds. The number of nitrogens with zero attached hydrogens (tertiary/aromatic N) is 1. The first-order chi connectivity index (χ1) is 12.1. The molecular weight excluding hydrogens is 316 g/mol. The molecule has 5 heteroatoms. The number of amides is 1. The van der Waals surface area contributed by atoms with E-state index in [9.17, 15) is 4.79 Å². The molecule has 0 fully saturated rings. The maximum Gasteiger partial charge on any atom is 0.254 e. The summed E-state index contributed by atoms with van der Waals surface area (Å²) in [7, 11) is 3.15. The van der Waals surface area contributed by atoms with Crippen molar-refractivity contribution >= 4 is 5.91 Å². The molecule has 0 atom stereocenters. The fourth-order valence-electron chi connectivity index (χ4n) is 2.72. The minimum absolute atomic E-state index is 0.0317. The van der Waals surface area contributed by atoms with Crippen molar-refractivity contribution in [3.63, 3.8) is 0 Å². The van der Waals surface area contributed by atoms with Crippen LogP contribution in [0.5, 0.6) is 11.5 Å². The summed E-state index contributed by atoms with van der Waals surface area (Å²) in [6.45, 7) is 3.60. The number of aryl methyl sites for hydroxylation is 1. The fourth-order valence-corrected chi connectivity index (χ4v) is 2.72. The van der Waals surface area contributed by atoms with Crippen molar-refractivity contribution in [2.45, 2.75) is 19.9 Å². The molecule has 0 spiro atoms. The molecule has 0 unspecified atom stereocenters. The number of ether oxygens (including phenoxy) is 2. The molecule has 2 aromatic rings. The quantitative estimate of drug-likeness (QED) is 0.801. The highest BCUT2D eigenvalue weighted by Crippen LogP contribution is 2.31. The lowest BCUT2D eigenvalue weighted by Crippen LogP contribution is -2.33. The van der Waals surface area contributed by atoms with Gasteiger partial charge in [-0.1, -0.05) is 30.3 Å². The van der Waals surface area contributed by atoms with Crippen LogP contribution >= 0.6 is 0 Å². The van der Waals surface area contributed by atoms with Crippen LogP contribution in [0.4, 0.5) is 0 Å². The summed E-state index contributed by atoms with van der Waals surface area (Å²) in [4.78, 5) is 15.0. The van der Waals surface area contributed by atoms with Crippen molar-refractivity contribution in [1.82, 2.24) is 4.90 Å². The third-order valence-electron chi connectivity index (χ3n) is 4.10. The Kier molecular flexibility index (Phi) is 6.83. The molecule has 0 bridgehead atoms. The van der Waals surface area contributed by atoms with E-state index in [1.165, 1.54) is 0 Å². The molecule has 0 aliphatic carbocycles. The first-order valence-corrected chi connectivity index (χ1v) is 8.36. The normalized spacial score (nSPS) is 10.4. The second-order valence-corrected chi connectivity index (χ2v) is 5.88. The Bertz CT molecular complexity index is 702. The summed E-state index contributed by atoms with van der Waals surface area (Å²) in [5, 5.41) is 0. The lowest BCUT2D eigenvalue weighted by Gasteiger charge is -2.24. The van der Waals surface area contributed by atoms with Gasteiger partial charge in [-0.3, -0.25) is 4.79 Å². The zero-order valence-corrected chi connectivity index (χ0v) is 15.1. The van der Waals surface area contributed by atoms with Crippen molar-refractivity contribution in [1.29, 1.82) is 0 Å². The number of carbonyl (C=O) groups excluding carboxylic acids is 1. The molecule has 0 aromatic heterocycles. The lowest BCUT2D eigenvalue weighted by molar-refractivity contribution is 0.0741. The van der Waals surface area contributed by atoms with Crippen LogP contribution in [-0.4, -0.2) is 38.1 Å². The monoisotopic (exact) mass is 342 g/mol. The van der Waals surface area contributed by atoms with E-state index in [2.05, 4.69) is 0 Å². The Morgan fingerprint density at radius 2 is 1.72 bits per heavy atom. The van der Waals surface area contributed by atoms with Gasteiger partial charge in [-0.05, 0) is 43.1 Å². The largest absolute Gasteiger partial charge is 0.493 e. The van der Waals surface area contributed by atoms with Gasteiger partial charge in [0.15, 0.2) is 11.5 Å². The molecule has 0 aliphatic heterocycles. The van der Waals surface area contributed by atoms with Gasteiger partial charge in [0.05, 0.1) is 14.2 Å². The van der Waals surface area contributed by atoms with Crippen LogP contribution in [0.3, 0.4) is 0 Å². The van der Waals surface area contributed by atoms with E-state index >= 15 is 0 Å². The van der Waals surface area contributed by atoms with Gasteiger partial charge < -0.3 is 20.1 Å². The number of nitrogens with two attached hydrogens (primary N) is 1. The molecule has 0 saturated carbocycles. The average molecular weight is 342 g/mol. The second-order valence-electron chi connectivity index (χ2n) is 5.88. The topological polar surface area (TPSA) is 64.8 Å². The first kappa shape index (κ1) is 18.8. The molecule has 0 heterocycles. The minimum atomic E-state index is -0.0317. The summed E-state index contributed by atoms with van der Waals surface area (Å²) in [5.74, 6) is 1.14. The highest BCUT2D eigenvalue weighted by Gasteiger charge is 2.20. The maximum atomic E-state index is 13.1. The van der Waals surface area contributed by atoms with Crippen LogP contribution in [0, 0.1) is 6.92 Å². The fraction of sp³-hybridized carbons (Fsp3) is 0.350. The van der Waals surface area contributed by atoms with E-state index in [-0.39, 0.29) is 5.91 Å². The van der Waals surface area contributed by atoms with Crippen LogP contribution in [0.25, 0.3) is 0 Å². The molecule has 2 N–H and O–H groups in total. The van der Waals surface area contributed by atoms with Gasteiger partial charge in [0, 0.05) is 18.7 Å². The van der Waals surface area contributed by atoms with Crippen molar-refractivity contribution in [2.24, 2.45) is 5.73 Å². The Hall–Kier alpha value is -2.53. The van der Waals surface area contributed by atoms with E-state index in [1.54, 1.807) is 20.3 Å². The van der Waals surface area contributed by atoms with Gasteiger partial charge in [-0.25, -0.2) is 0 Å². The number of carbonyl (C=O) groups is 1. The van der Waals surface area contributed by atoms with Crippen LogP contribution < -0.4 is 15.2 Å². The molecule has 134 valence electrons.